The molecule has 0 radical (unpaired) electrons. The zero-order valence-corrected chi connectivity index (χ0v) is 11.7. The van der Waals surface area contributed by atoms with Gasteiger partial charge in [0.2, 0.25) is 0 Å². The Labute approximate surface area is 106 Å². The molecule has 0 saturated heterocycles. The average molecular weight is 243 g/mol. The van der Waals surface area contributed by atoms with Gasteiger partial charge in [-0.15, -0.1) is 0 Å². The molecule has 0 amide bonds. The first-order valence-electron chi connectivity index (χ1n) is 7.03. The minimum Gasteiger partial charge on any atom is -0.385 e. The van der Waals surface area contributed by atoms with Gasteiger partial charge in [-0.25, -0.2) is 0 Å². The lowest BCUT2D eigenvalue weighted by atomic mass is 9.73. The number of hydrogen-bond acceptors (Lipinski definition) is 3. The highest BCUT2D eigenvalue weighted by Gasteiger charge is 2.40. The minimum atomic E-state index is -0.0693. The molecule has 1 saturated carbocycles. The molecule has 0 heterocycles. The van der Waals surface area contributed by atoms with Gasteiger partial charge in [-0.3, -0.25) is 0 Å². The molecule has 3 nitrogen and oxygen atoms in total. The van der Waals surface area contributed by atoms with Crippen molar-refractivity contribution in [2.24, 2.45) is 11.7 Å². The molecule has 17 heavy (non-hydrogen) atoms. The molecule has 0 aromatic heterocycles. The normalized spacial score (nSPS) is 31.4. The number of rotatable bonds is 7. The van der Waals surface area contributed by atoms with Crippen LogP contribution in [0.2, 0.25) is 0 Å². The smallest absolute Gasteiger partial charge is 0.0835 e. The summed E-state index contributed by atoms with van der Waals surface area (Å²) >= 11 is 0. The topological polar surface area (TPSA) is 44.5 Å². The summed E-state index contributed by atoms with van der Waals surface area (Å²) in [6.45, 7) is 5.95. The molecule has 0 aliphatic heterocycles. The van der Waals surface area contributed by atoms with Gasteiger partial charge < -0.3 is 15.2 Å². The van der Waals surface area contributed by atoms with Crippen LogP contribution in [0.25, 0.3) is 0 Å². The number of hydrogen-bond donors (Lipinski definition) is 1. The van der Waals surface area contributed by atoms with Crippen molar-refractivity contribution in [3.8, 4) is 0 Å². The van der Waals surface area contributed by atoms with Gasteiger partial charge in [-0.05, 0) is 38.5 Å². The highest BCUT2D eigenvalue weighted by molar-refractivity contribution is 4.95. The first-order valence-corrected chi connectivity index (χ1v) is 7.03. The zero-order chi connectivity index (χ0) is 12.7. The molecule has 0 spiro atoms. The van der Waals surface area contributed by atoms with E-state index in [2.05, 4.69) is 13.8 Å². The molecule has 3 heteroatoms. The van der Waals surface area contributed by atoms with Gasteiger partial charge in [-0.2, -0.15) is 0 Å². The summed E-state index contributed by atoms with van der Waals surface area (Å²) in [4.78, 5) is 0. The summed E-state index contributed by atoms with van der Waals surface area (Å²) in [6.07, 6.45) is 6.84. The lowest BCUT2D eigenvalue weighted by Gasteiger charge is -2.44. The van der Waals surface area contributed by atoms with E-state index >= 15 is 0 Å². The molecular formula is C14H29NO2. The van der Waals surface area contributed by atoms with Crippen LogP contribution >= 0.6 is 0 Å². The van der Waals surface area contributed by atoms with Crippen LogP contribution in [0.1, 0.15) is 52.4 Å². The molecule has 1 aliphatic rings. The second-order valence-electron chi connectivity index (χ2n) is 5.44. The minimum absolute atomic E-state index is 0.0693. The Kier molecular flexibility index (Phi) is 6.45. The summed E-state index contributed by atoms with van der Waals surface area (Å²) in [7, 11) is 1.74. The molecule has 2 N–H and O–H groups in total. The summed E-state index contributed by atoms with van der Waals surface area (Å²) in [6, 6.07) is 0.153. The third-order valence-corrected chi connectivity index (χ3v) is 3.96. The fourth-order valence-electron chi connectivity index (χ4n) is 3.12. The first kappa shape index (κ1) is 14.9. The number of nitrogens with two attached hydrogens (primary N) is 1. The molecule has 0 bridgehead atoms. The van der Waals surface area contributed by atoms with Gasteiger partial charge >= 0.3 is 0 Å². The van der Waals surface area contributed by atoms with Crippen LogP contribution in [-0.4, -0.2) is 32.0 Å². The predicted octanol–water partition coefficient (Wildman–Crippen LogP) is 2.73. The van der Waals surface area contributed by atoms with Crippen LogP contribution in [0.3, 0.4) is 0 Å². The number of methoxy groups -OCH3 is 1. The molecule has 3 atom stereocenters. The molecule has 0 aromatic carbocycles. The maximum atomic E-state index is 6.39. The Hall–Kier alpha value is -0.120. The zero-order valence-electron chi connectivity index (χ0n) is 11.7. The summed E-state index contributed by atoms with van der Waals surface area (Å²) in [5.41, 5.74) is 6.32. The highest BCUT2D eigenvalue weighted by atomic mass is 16.5. The molecule has 1 aliphatic carbocycles. The van der Waals surface area contributed by atoms with E-state index in [9.17, 15) is 0 Å². The van der Waals surface area contributed by atoms with Gasteiger partial charge in [0.05, 0.1) is 5.60 Å². The number of ether oxygens (including phenoxy) is 2. The van der Waals surface area contributed by atoms with Gasteiger partial charge in [-0.1, -0.05) is 19.8 Å². The monoisotopic (exact) mass is 243 g/mol. The molecular weight excluding hydrogens is 214 g/mol. The van der Waals surface area contributed by atoms with Crippen LogP contribution in [-0.2, 0) is 9.47 Å². The fraction of sp³-hybridized carbons (Fsp3) is 1.00. The van der Waals surface area contributed by atoms with E-state index < -0.39 is 0 Å². The van der Waals surface area contributed by atoms with Crippen LogP contribution in [0.5, 0.6) is 0 Å². The lowest BCUT2D eigenvalue weighted by molar-refractivity contribution is -0.0948. The second kappa shape index (κ2) is 7.34. The Morgan fingerprint density at radius 3 is 2.82 bits per heavy atom. The van der Waals surface area contributed by atoms with Crippen molar-refractivity contribution in [3.63, 3.8) is 0 Å². The van der Waals surface area contributed by atoms with E-state index in [1.54, 1.807) is 7.11 Å². The third-order valence-electron chi connectivity index (χ3n) is 3.96. The SMILES string of the molecule is CCOC1(C(N)CCCOC)CCCC(C)C1. The van der Waals surface area contributed by atoms with E-state index in [0.29, 0.717) is 0 Å². The quantitative estimate of drug-likeness (QED) is 0.699. The van der Waals surface area contributed by atoms with Crippen LogP contribution in [0, 0.1) is 5.92 Å². The Bertz CT molecular complexity index is 206. The van der Waals surface area contributed by atoms with Crippen LogP contribution in [0.4, 0.5) is 0 Å². The van der Waals surface area contributed by atoms with E-state index in [4.69, 9.17) is 15.2 Å². The lowest BCUT2D eigenvalue weighted by Crippen LogP contribution is -2.52. The average Bonchev–Trinajstić information content (AvgIpc) is 2.29. The first-order chi connectivity index (χ1) is 8.14. The van der Waals surface area contributed by atoms with Gasteiger partial charge in [0.1, 0.15) is 0 Å². The van der Waals surface area contributed by atoms with Crippen molar-refractivity contribution < 1.29 is 9.47 Å². The van der Waals surface area contributed by atoms with Crippen molar-refractivity contribution >= 4 is 0 Å². The molecule has 1 fully saturated rings. The Morgan fingerprint density at radius 1 is 1.47 bits per heavy atom. The Balaban J connectivity index is 2.55. The maximum Gasteiger partial charge on any atom is 0.0835 e. The van der Waals surface area contributed by atoms with Crippen molar-refractivity contribution in [2.75, 3.05) is 20.3 Å². The summed E-state index contributed by atoms with van der Waals surface area (Å²) < 4.78 is 11.2. The summed E-state index contributed by atoms with van der Waals surface area (Å²) in [5.74, 6) is 0.740. The van der Waals surface area contributed by atoms with E-state index in [-0.39, 0.29) is 11.6 Å². The maximum absolute atomic E-state index is 6.39. The predicted molar refractivity (Wildman–Crippen MR) is 71.1 cm³/mol. The highest BCUT2D eigenvalue weighted by Crippen LogP contribution is 2.38. The standard InChI is InChI=1S/C14H29NO2/c1-4-17-14(9-5-7-12(2)11-14)13(15)8-6-10-16-3/h12-13H,4-11,15H2,1-3H3. The van der Waals surface area contributed by atoms with Crippen LogP contribution < -0.4 is 5.73 Å². The molecule has 0 aromatic rings. The van der Waals surface area contributed by atoms with E-state index in [1.165, 1.54) is 12.8 Å². The van der Waals surface area contributed by atoms with Crippen molar-refractivity contribution in [3.05, 3.63) is 0 Å². The fourth-order valence-corrected chi connectivity index (χ4v) is 3.12. The third kappa shape index (κ3) is 4.23. The molecule has 102 valence electrons. The van der Waals surface area contributed by atoms with Gasteiger partial charge in [0, 0.05) is 26.4 Å². The van der Waals surface area contributed by atoms with E-state index in [1.807, 2.05) is 0 Å². The van der Waals surface area contributed by atoms with Gasteiger partial charge in [0.15, 0.2) is 0 Å². The van der Waals surface area contributed by atoms with Crippen LogP contribution in [0.15, 0.2) is 0 Å². The van der Waals surface area contributed by atoms with E-state index in [0.717, 1.165) is 44.8 Å². The van der Waals surface area contributed by atoms with Crippen molar-refractivity contribution in [1.29, 1.82) is 0 Å². The van der Waals surface area contributed by atoms with Crippen molar-refractivity contribution in [1.82, 2.24) is 0 Å². The molecule has 1 rings (SSSR count). The van der Waals surface area contributed by atoms with Crippen molar-refractivity contribution in [2.45, 2.75) is 64.0 Å². The summed E-state index contributed by atoms with van der Waals surface area (Å²) in [5, 5.41) is 0. The largest absolute Gasteiger partial charge is 0.385 e. The Morgan fingerprint density at radius 2 is 2.24 bits per heavy atom. The second-order valence-corrected chi connectivity index (χ2v) is 5.44. The molecule has 3 unspecified atom stereocenters. The van der Waals surface area contributed by atoms with Gasteiger partial charge in [0.25, 0.3) is 0 Å².